The summed E-state index contributed by atoms with van der Waals surface area (Å²) in [5, 5.41) is 11.0. The number of benzene rings is 1. The number of nitrogens with one attached hydrogen (secondary N) is 1. The fourth-order valence-corrected chi connectivity index (χ4v) is 2.41. The van der Waals surface area contributed by atoms with Gasteiger partial charge in [-0.15, -0.1) is 10.2 Å². The van der Waals surface area contributed by atoms with E-state index in [9.17, 15) is 4.79 Å². The first-order valence-electron chi connectivity index (χ1n) is 7.89. The van der Waals surface area contributed by atoms with Crippen molar-refractivity contribution in [2.45, 2.75) is 26.8 Å². The molecule has 0 saturated heterocycles. The molecule has 2 heterocycles. The zero-order valence-corrected chi connectivity index (χ0v) is 13.8. The van der Waals surface area contributed by atoms with Crippen LogP contribution in [0.4, 0.5) is 0 Å². The topological polar surface area (TPSA) is 68.5 Å². The van der Waals surface area contributed by atoms with E-state index in [1.165, 1.54) is 5.56 Å². The van der Waals surface area contributed by atoms with E-state index in [1.54, 1.807) is 0 Å². The lowest BCUT2D eigenvalue weighted by Crippen LogP contribution is -2.25. The van der Waals surface area contributed by atoms with Gasteiger partial charge >= 0.3 is 0 Å². The number of amides is 1. The molecule has 0 radical (unpaired) electrons. The smallest absolute Gasteiger partial charge is 0.223 e. The zero-order chi connectivity index (χ0) is 16.9. The molecule has 0 atom stereocenters. The number of aryl methyl sites for hydroxylation is 1. The van der Waals surface area contributed by atoms with Crippen LogP contribution in [0.15, 0.2) is 42.6 Å². The summed E-state index contributed by atoms with van der Waals surface area (Å²) in [6.45, 7) is 4.74. The second-order valence-corrected chi connectivity index (χ2v) is 5.62. The normalized spacial score (nSPS) is 10.8. The average molecular weight is 324 g/mol. The van der Waals surface area contributed by atoms with Gasteiger partial charge in [0.25, 0.3) is 0 Å². The third-order valence-electron chi connectivity index (χ3n) is 3.97. The summed E-state index contributed by atoms with van der Waals surface area (Å²) < 4.78 is 7.56. The first-order valence-corrected chi connectivity index (χ1v) is 7.89. The van der Waals surface area contributed by atoms with Gasteiger partial charge in [-0.25, -0.2) is 0 Å². The highest BCUT2D eigenvalue weighted by Gasteiger charge is 2.08. The average Bonchev–Trinajstić information content (AvgIpc) is 3.00. The van der Waals surface area contributed by atoms with Crippen molar-refractivity contribution in [1.82, 2.24) is 19.9 Å². The van der Waals surface area contributed by atoms with E-state index in [1.807, 2.05) is 60.8 Å². The number of hydrogen-bond acceptors (Lipinski definition) is 4. The Kier molecular flexibility index (Phi) is 4.74. The van der Waals surface area contributed by atoms with Gasteiger partial charge in [-0.1, -0.05) is 18.2 Å². The van der Waals surface area contributed by atoms with Gasteiger partial charge in [0.05, 0.1) is 19.6 Å². The predicted octanol–water partition coefficient (Wildman–Crippen LogP) is 2.43. The van der Waals surface area contributed by atoms with Crippen molar-refractivity contribution in [2.24, 2.45) is 0 Å². The number of fused-ring (bicyclic) bond motifs is 1. The quantitative estimate of drug-likeness (QED) is 0.756. The zero-order valence-electron chi connectivity index (χ0n) is 13.8. The van der Waals surface area contributed by atoms with Crippen molar-refractivity contribution in [3.05, 3.63) is 59.5 Å². The largest absolute Gasteiger partial charge is 0.493 e. The van der Waals surface area contributed by atoms with Crippen molar-refractivity contribution >= 4 is 11.6 Å². The highest BCUT2D eigenvalue weighted by atomic mass is 16.5. The molecule has 0 aliphatic rings. The molecule has 1 N–H and O–H groups in total. The second kappa shape index (κ2) is 7.12. The molecule has 6 heteroatoms. The molecule has 6 nitrogen and oxygen atoms in total. The van der Waals surface area contributed by atoms with Gasteiger partial charge < -0.3 is 10.1 Å². The molecule has 24 heavy (non-hydrogen) atoms. The van der Waals surface area contributed by atoms with Crippen molar-refractivity contribution < 1.29 is 9.53 Å². The molecule has 2 aromatic heterocycles. The minimum Gasteiger partial charge on any atom is -0.493 e. The van der Waals surface area contributed by atoms with Crippen LogP contribution >= 0.6 is 0 Å². The first kappa shape index (κ1) is 16.0. The molecule has 3 rings (SSSR count). The molecule has 0 spiro atoms. The lowest BCUT2D eigenvalue weighted by molar-refractivity contribution is -0.121. The number of rotatable bonds is 6. The second-order valence-electron chi connectivity index (χ2n) is 5.62. The van der Waals surface area contributed by atoms with Crippen LogP contribution in [0.2, 0.25) is 0 Å². The Labute approximate surface area is 140 Å². The molecule has 0 aliphatic heterocycles. The number of hydrogen-bond donors (Lipinski definition) is 1. The maximum atomic E-state index is 12.0. The van der Waals surface area contributed by atoms with E-state index >= 15 is 0 Å². The SMILES string of the molecule is Cc1cccc(OCCC(=O)NCc2nnc3ccccn23)c1C. The summed E-state index contributed by atoms with van der Waals surface area (Å²) in [7, 11) is 0. The van der Waals surface area contributed by atoms with Gasteiger partial charge in [-0.3, -0.25) is 9.20 Å². The van der Waals surface area contributed by atoms with E-state index in [4.69, 9.17) is 4.74 Å². The van der Waals surface area contributed by atoms with Crippen LogP contribution in [0.25, 0.3) is 5.65 Å². The van der Waals surface area contributed by atoms with Gasteiger partial charge in [-0.2, -0.15) is 0 Å². The Morgan fingerprint density at radius 3 is 2.92 bits per heavy atom. The summed E-state index contributed by atoms with van der Waals surface area (Å²) >= 11 is 0. The maximum absolute atomic E-state index is 12.0. The minimum atomic E-state index is -0.0759. The molecule has 0 aliphatic carbocycles. The van der Waals surface area contributed by atoms with Crippen LogP contribution in [0.3, 0.4) is 0 Å². The molecular weight excluding hydrogens is 304 g/mol. The van der Waals surface area contributed by atoms with Gasteiger partial charge in [0.2, 0.25) is 5.91 Å². The van der Waals surface area contributed by atoms with Crippen molar-refractivity contribution in [2.75, 3.05) is 6.61 Å². The van der Waals surface area contributed by atoms with E-state index < -0.39 is 0 Å². The molecular formula is C18H20N4O2. The minimum absolute atomic E-state index is 0.0759. The number of nitrogens with zero attached hydrogens (tertiary/aromatic N) is 3. The molecule has 0 saturated carbocycles. The van der Waals surface area contributed by atoms with E-state index in [0.717, 1.165) is 17.0 Å². The standard InChI is InChI=1S/C18H20N4O2/c1-13-6-5-7-15(14(13)2)24-11-9-18(23)19-12-17-21-20-16-8-3-4-10-22(16)17/h3-8,10H,9,11-12H2,1-2H3,(H,19,23). The molecule has 0 unspecified atom stereocenters. The number of pyridine rings is 1. The number of carbonyl (C=O) groups is 1. The Bertz CT molecular complexity index is 857. The van der Waals surface area contributed by atoms with Gasteiger partial charge in [0.15, 0.2) is 11.5 Å². The summed E-state index contributed by atoms with van der Waals surface area (Å²) in [6.07, 6.45) is 2.17. The Morgan fingerprint density at radius 1 is 1.17 bits per heavy atom. The Balaban J connectivity index is 1.48. The molecule has 0 fully saturated rings. The Morgan fingerprint density at radius 2 is 2.04 bits per heavy atom. The summed E-state index contributed by atoms with van der Waals surface area (Å²) in [5.74, 6) is 1.45. The van der Waals surface area contributed by atoms with Crippen LogP contribution in [0, 0.1) is 13.8 Å². The molecule has 124 valence electrons. The van der Waals surface area contributed by atoms with Crippen LogP contribution in [0.1, 0.15) is 23.4 Å². The summed E-state index contributed by atoms with van der Waals surface area (Å²) in [4.78, 5) is 12.0. The summed E-state index contributed by atoms with van der Waals surface area (Å²) in [5.41, 5.74) is 3.04. The molecule has 1 aromatic carbocycles. The van der Waals surface area contributed by atoms with Crippen molar-refractivity contribution in [3.63, 3.8) is 0 Å². The molecule has 0 bridgehead atoms. The monoisotopic (exact) mass is 324 g/mol. The van der Waals surface area contributed by atoms with Crippen molar-refractivity contribution in [3.8, 4) is 5.75 Å². The highest BCUT2D eigenvalue weighted by Crippen LogP contribution is 2.20. The lowest BCUT2D eigenvalue weighted by atomic mass is 10.1. The molecule has 3 aromatic rings. The number of carbonyl (C=O) groups excluding carboxylic acids is 1. The summed E-state index contributed by atoms with van der Waals surface area (Å²) in [6, 6.07) is 11.6. The lowest BCUT2D eigenvalue weighted by Gasteiger charge is -2.10. The van der Waals surface area contributed by atoms with Crippen LogP contribution in [-0.2, 0) is 11.3 Å². The first-order chi connectivity index (χ1) is 11.6. The predicted molar refractivity (Wildman–Crippen MR) is 90.9 cm³/mol. The van der Waals surface area contributed by atoms with Gasteiger partial charge in [-0.05, 0) is 43.2 Å². The highest BCUT2D eigenvalue weighted by molar-refractivity contribution is 5.75. The van der Waals surface area contributed by atoms with E-state index in [0.29, 0.717) is 25.4 Å². The third kappa shape index (κ3) is 3.53. The fraction of sp³-hybridized carbons (Fsp3) is 0.278. The third-order valence-corrected chi connectivity index (χ3v) is 3.97. The van der Waals surface area contributed by atoms with Crippen LogP contribution in [0.5, 0.6) is 5.75 Å². The number of ether oxygens (including phenoxy) is 1. The Hall–Kier alpha value is -2.89. The maximum Gasteiger partial charge on any atom is 0.223 e. The fourth-order valence-electron chi connectivity index (χ4n) is 2.41. The van der Waals surface area contributed by atoms with E-state index in [-0.39, 0.29) is 5.91 Å². The van der Waals surface area contributed by atoms with Gasteiger partial charge in [0, 0.05) is 6.20 Å². The van der Waals surface area contributed by atoms with Crippen LogP contribution in [-0.4, -0.2) is 27.1 Å². The molecule has 1 amide bonds. The van der Waals surface area contributed by atoms with E-state index in [2.05, 4.69) is 15.5 Å². The van der Waals surface area contributed by atoms with Gasteiger partial charge in [0.1, 0.15) is 5.75 Å². The van der Waals surface area contributed by atoms with Crippen LogP contribution < -0.4 is 10.1 Å². The van der Waals surface area contributed by atoms with Crippen molar-refractivity contribution in [1.29, 1.82) is 0 Å². The number of aromatic nitrogens is 3.